The Labute approximate surface area is 106 Å². The number of halogens is 4. The zero-order chi connectivity index (χ0) is 13.3. The molecule has 2 rings (SSSR count). The normalized spacial score (nSPS) is 16.7. The Morgan fingerprint density at radius 3 is 2.72 bits per heavy atom. The van der Waals surface area contributed by atoms with Crippen LogP contribution in [0.15, 0.2) is 12.3 Å². The molecule has 8 heteroatoms. The van der Waals surface area contributed by atoms with Crippen molar-refractivity contribution >= 4 is 23.3 Å². The summed E-state index contributed by atoms with van der Waals surface area (Å²) in [5, 5.41) is 2.56. The van der Waals surface area contributed by atoms with Gasteiger partial charge in [-0.2, -0.15) is 13.2 Å². The topological polar surface area (TPSA) is 46.5 Å². The van der Waals surface area contributed by atoms with E-state index < -0.39 is 11.7 Å². The number of nitrogens with one attached hydrogen (secondary N) is 2. The summed E-state index contributed by atoms with van der Waals surface area (Å²) in [6.07, 6.45) is -3.61. The van der Waals surface area contributed by atoms with Crippen molar-refractivity contribution in [2.75, 3.05) is 24.5 Å². The Hall–Kier alpha value is -1.50. The van der Waals surface area contributed by atoms with Crippen LogP contribution in [0.25, 0.3) is 0 Å². The summed E-state index contributed by atoms with van der Waals surface area (Å²) in [5.74, 6) is 0.130. The van der Waals surface area contributed by atoms with Crippen LogP contribution in [-0.2, 0) is 11.0 Å². The molecule has 0 unspecified atom stereocenters. The van der Waals surface area contributed by atoms with Crippen molar-refractivity contribution in [3.05, 3.63) is 22.8 Å². The van der Waals surface area contributed by atoms with E-state index >= 15 is 0 Å². The number of anilines is 1. The van der Waals surface area contributed by atoms with Crippen molar-refractivity contribution < 1.29 is 22.9 Å². The molecule has 0 saturated carbocycles. The molecule has 0 aromatic carbocycles. The lowest BCUT2D eigenvalue weighted by Gasteiger charge is -2.22. The molecule has 1 aliphatic heterocycles. The van der Waals surface area contributed by atoms with Gasteiger partial charge >= 0.3 is 6.18 Å². The maximum Gasteiger partial charge on any atom is 0.419 e. The fraction of sp³-hybridized carbons (Fsp3) is 0.400. The quantitative estimate of drug-likeness (QED) is 0.838. The first-order chi connectivity index (χ1) is 8.38. The number of hydrogen-bond donors (Lipinski definition) is 1. The largest absolute Gasteiger partial charge is 0.419 e. The number of pyridine rings is 1. The maximum atomic E-state index is 12.4. The third-order valence-electron chi connectivity index (χ3n) is 2.55. The molecule has 1 aliphatic rings. The van der Waals surface area contributed by atoms with E-state index in [1.165, 1.54) is 0 Å². The number of H-pyrrole nitrogens is 1. The van der Waals surface area contributed by atoms with Crippen LogP contribution in [0, 0.1) is 0 Å². The van der Waals surface area contributed by atoms with Crippen molar-refractivity contribution in [2.45, 2.75) is 6.18 Å². The standard InChI is InChI=1S/C10H9ClF3N3O/c11-7-3-6(10(12,13)14)4-16-9(7)17-2-1-15-8(18)5-17/h3-4H,1-2,5H2,(H,15,18)/p+1. The summed E-state index contributed by atoms with van der Waals surface area (Å²) in [6, 6.07) is 0.847. The van der Waals surface area contributed by atoms with Gasteiger partial charge in [-0.25, -0.2) is 9.88 Å². The zero-order valence-corrected chi connectivity index (χ0v) is 9.90. The summed E-state index contributed by atoms with van der Waals surface area (Å²) in [5.41, 5.74) is -0.849. The molecular weight excluding hydrogens is 271 g/mol. The molecule has 1 fully saturated rings. The first kappa shape index (κ1) is 12.9. The molecule has 0 radical (unpaired) electrons. The number of rotatable bonds is 1. The highest BCUT2D eigenvalue weighted by molar-refractivity contribution is 6.32. The van der Waals surface area contributed by atoms with Crippen LogP contribution in [-0.4, -0.2) is 25.5 Å². The second kappa shape index (κ2) is 4.64. The first-order valence-corrected chi connectivity index (χ1v) is 5.56. The van der Waals surface area contributed by atoms with E-state index in [1.807, 2.05) is 0 Å². The number of carbonyl (C=O) groups is 1. The molecule has 4 nitrogen and oxygen atoms in total. The molecule has 0 atom stereocenters. The lowest BCUT2D eigenvalue weighted by Crippen LogP contribution is -2.49. The van der Waals surface area contributed by atoms with E-state index in [4.69, 9.17) is 11.6 Å². The van der Waals surface area contributed by atoms with Gasteiger partial charge < -0.3 is 5.32 Å². The maximum absolute atomic E-state index is 12.4. The second-order valence-electron chi connectivity index (χ2n) is 3.85. The minimum atomic E-state index is -4.45. The number of aromatic amines is 1. The van der Waals surface area contributed by atoms with Crippen molar-refractivity contribution in [3.63, 3.8) is 0 Å². The Kier molecular flexibility index (Phi) is 3.34. The summed E-state index contributed by atoms with van der Waals surface area (Å²) >= 11 is 5.81. The summed E-state index contributed by atoms with van der Waals surface area (Å²) in [7, 11) is 0. The fourth-order valence-electron chi connectivity index (χ4n) is 1.70. The van der Waals surface area contributed by atoms with E-state index in [0.717, 1.165) is 12.3 Å². The average molecular weight is 281 g/mol. The molecule has 1 amide bonds. The lowest BCUT2D eigenvalue weighted by atomic mass is 10.2. The van der Waals surface area contributed by atoms with Gasteiger partial charge in [0.05, 0.1) is 12.1 Å². The van der Waals surface area contributed by atoms with E-state index in [-0.39, 0.29) is 17.5 Å². The molecule has 0 spiro atoms. The van der Waals surface area contributed by atoms with Crippen LogP contribution < -0.4 is 15.2 Å². The molecule has 98 valence electrons. The van der Waals surface area contributed by atoms with E-state index in [1.54, 1.807) is 4.90 Å². The number of piperazine rings is 1. The van der Waals surface area contributed by atoms with Crippen LogP contribution in [0.2, 0.25) is 5.02 Å². The van der Waals surface area contributed by atoms with Gasteiger partial charge in [-0.3, -0.25) is 4.79 Å². The van der Waals surface area contributed by atoms with E-state index in [2.05, 4.69) is 10.3 Å². The third kappa shape index (κ3) is 2.66. The Morgan fingerprint density at radius 2 is 2.17 bits per heavy atom. The number of carbonyl (C=O) groups excluding carboxylic acids is 1. The number of alkyl halides is 3. The predicted octanol–water partition coefficient (Wildman–Crippen LogP) is 1.11. The SMILES string of the molecule is O=C1CN(c2[nH+]cc(C(F)(F)F)cc2Cl)CCN1. The zero-order valence-electron chi connectivity index (χ0n) is 9.14. The van der Waals surface area contributed by atoms with Crippen molar-refractivity contribution in [1.82, 2.24) is 5.32 Å². The monoisotopic (exact) mass is 280 g/mol. The van der Waals surface area contributed by atoms with Crippen molar-refractivity contribution in [3.8, 4) is 0 Å². The average Bonchev–Trinajstić information content (AvgIpc) is 2.27. The van der Waals surface area contributed by atoms with Gasteiger partial charge in [0.15, 0.2) is 6.54 Å². The minimum Gasteiger partial charge on any atom is -0.349 e. The predicted molar refractivity (Wildman–Crippen MR) is 58.2 cm³/mol. The fourth-order valence-corrected chi connectivity index (χ4v) is 1.99. The van der Waals surface area contributed by atoms with Crippen LogP contribution in [0.4, 0.5) is 19.0 Å². The van der Waals surface area contributed by atoms with Gasteiger partial charge in [0.2, 0.25) is 0 Å². The molecule has 2 heterocycles. The molecule has 1 saturated heterocycles. The molecule has 18 heavy (non-hydrogen) atoms. The Morgan fingerprint density at radius 1 is 1.44 bits per heavy atom. The number of amides is 1. The highest BCUT2D eigenvalue weighted by Crippen LogP contribution is 2.32. The number of nitrogens with zero attached hydrogens (tertiary/aromatic N) is 1. The molecular formula is C10H10ClF3N3O+. The van der Waals surface area contributed by atoms with Gasteiger partial charge in [-0.15, -0.1) is 0 Å². The molecule has 2 N–H and O–H groups in total. The number of hydrogen-bond acceptors (Lipinski definition) is 2. The van der Waals surface area contributed by atoms with Crippen LogP contribution in [0.3, 0.4) is 0 Å². The molecule has 0 aliphatic carbocycles. The van der Waals surface area contributed by atoms with Crippen molar-refractivity contribution in [1.29, 1.82) is 0 Å². The van der Waals surface area contributed by atoms with Crippen LogP contribution in [0.1, 0.15) is 5.56 Å². The lowest BCUT2D eigenvalue weighted by molar-refractivity contribution is -0.367. The first-order valence-electron chi connectivity index (χ1n) is 5.18. The Balaban J connectivity index is 2.27. The van der Waals surface area contributed by atoms with Gasteiger partial charge in [0.1, 0.15) is 17.8 Å². The molecule has 0 bridgehead atoms. The smallest absolute Gasteiger partial charge is 0.349 e. The van der Waals surface area contributed by atoms with E-state index in [9.17, 15) is 18.0 Å². The van der Waals surface area contributed by atoms with Gasteiger partial charge in [0, 0.05) is 0 Å². The van der Waals surface area contributed by atoms with Gasteiger partial charge in [0.25, 0.3) is 11.7 Å². The highest BCUT2D eigenvalue weighted by Gasteiger charge is 2.34. The summed E-state index contributed by atoms with van der Waals surface area (Å²) < 4.78 is 37.3. The van der Waals surface area contributed by atoms with Crippen LogP contribution >= 0.6 is 11.6 Å². The third-order valence-corrected chi connectivity index (χ3v) is 2.84. The van der Waals surface area contributed by atoms with Gasteiger partial charge in [-0.05, 0) is 6.07 Å². The van der Waals surface area contributed by atoms with Crippen LogP contribution in [0.5, 0.6) is 0 Å². The summed E-state index contributed by atoms with van der Waals surface area (Å²) in [4.78, 5) is 15.3. The molecule has 1 aromatic rings. The molecule has 1 aromatic heterocycles. The second-order valence-corrected chi connectivity index (χ2v) is 4.26. The van der Waals surface area contributed by atoms with E-state index in [0.29, 0.717) is 18.9 Å². The minimum absolute atomic E-state index is 0.0560. The van der Waals surface area contributed by atoms with Crippen molar-refractivity contribution in [2.24, 2.45) is 0 Å². The van der Waals surface area contributed by atoms with Gasteiger partial charge in [-0.1, -0.05) is 11.6 Å². The Bertz CT molecular complexity index is 478. The summed E-state index contributed by atoms with van der Waals surface area (Å²) in [6.45, 7) is 0.999. The highest BCUT2D eigenvalue weighted by atomic mass is 35.5. The number of aromatic nitrogens is 1.